The number of ether oxygens (including phenoxy) is 1. The van der Waals surface area contributed by atoms with Crippen molar-refractivity contribution in [2.24, 2.45) is 0 Å². The van der Waals surface area contributed by atoms with Gasteiger partial charge in [0, 0.05) is 55.8 Å². The van der Waals surface area contributed by atoms with E-state index in [1.54, 1.807) is 7.11 Å². The Morgan fingerprint density at radius 3 is 2.35 bits per heavy atom. The first-order chi connectivity index (χ1) is 7.78. The van der Waals surface area contributed by atoms with E-state index in [0.29, 0.717) is 0 Å². The second-order valence-corrected chi connectivity index (χ2v) is 4.64. The topological polar surface area (TPSA) is 25.0 Å². The summed E-state index contributed by atoms with van der Waals surface area (Å²) in [6.07, 6.45) is 0. The molecule has 0 amide bonds. The summed E-state index contributed by atoms with van der Waals surface area (Å²) in [6, 6.07) is 12.3. The Hall–Kier alpha value is -0.480. The van der Waals surface area contributed by atoms with Crippen molar-refractivity contribution in [3.63, 3.8) is 0 Å². The van der Waals surface area contributed by atoms with Gasteiger partial charge in [0.25, 0.3) is 0 Å². The Morgan fingerprint density at radius 2 is 1.65 bits per heavy atom. The first kappa shape index (κ1) is 13.0. The number of fused-ring (bicyclic) bond motifs is 3. The van der Waals surface area contributed by atoms with Crippen molar-refractivity contribution >= 4 is 67.3 Å². The van der Waals surface area contributed by atoms with Gasteiger partial charge in [-0.2, -0.15) is 0 Å². The van der Waals surface area contributed by atoms with Crippen molar-refractivity contribution in [1.29, 1.82) is 0 Å². The molecule has 3 aromatic rings. The molecular formula is C13H10BrNNaO. The predicted molar refractivity (Wildman–Crippen MR) is 75.8 cm³/mol. The molecule has 1 aromatic heterocycles. The van der Waals surface area contributed by atoms with Crippen LogP contribution in [-0.2, 0) is 0 Å². The van der Waals surface area contributed by atoms with Crippen molar-refractivity contribution in [3.05, 3.63) is 40.9 Å². The number of nitrogens with one attached hydrogen (secondary N) is 1. The number of aromatic nitrogens is 1. The second-order valence-electron chi connectivity index (χ2n) is 3.73. The van der Waals surface area contributed by atoms with Crippen LogP contribution in [0.1, 0.15) is 0 Å². The Kier molecular flexibility index (Phi) is 3.83. The molecule has 2 nitrogen and oxygen atoms in total. The first-order valence-electron chi connectivity index (χ1n) is 5.03. The van der Waals surface area contributed by atoms with Gasteiger partial charge in [-0.25, -0.2) is 0 Å². The van der Waals surface area contributed by atoms with Crippen molar-refractivity contribution in [1.82, 2.24) is 4.98 Å². The van der Waals surface area contributed by atoms with Crippen LogP contribution in [0, 0.1) is 0 Å². The minimum atomic E-state index is 0. The van der Waals surface area contributed by atoms with Crippen LogP contribution in [0.4, 0.5) is 0 Å². The van der Waals surface area contributed by atoms with Gasteiger partial charge in [-0.3, -0.25) is 0 Å². The molecule has 1 radical (unpaired) electrons. The molecule has 0 saturated carbocycles. The number of benzene rings is 2. The van der Waals surface area contributed by atoms with Crippen molar-refractivity contribution < 1.29 is 4.74 Å². The van der Waals surface area contributed by atoms with E-state index in [4.69, 9.17) is 4.74 Å². The average molecular weight is 299 g/mol. The van der Waals surface area contributed by atoms with Gasteiger partial charge in [0.2, 0.25) is 0 Å². The molecule has 1 N–H and O–H groups in total. The maximum Gasteiger partial charge on any atom is 0.119 e. The molecule has 0 spiro atoms. The number of aromatic amines is 1. The molecule has 1 heterocycles. The smallest absolute Gasteiger partial charge is 0.119 e. The van der Waals surface area contributed by atoms with Gasteiger partial charge in [0.05, 0.1) is 7.11 Å². The van der Waals surface area contributed by atoms with Crippen LogP contribution in [0.5, 0.6) is 5.75 Å². The van der Waals surface area contributed by atoms with Gasteiger partial charge in [-0.1, -0.05) is 15.9 Å². The summed E-state index contributed by atoms with van der Waals surface area (Å²) in [5, 5.41) is 2.40. The third-order valence-corrected chi connectivity index (χ3v) is 3.26. The molecule has 0 unspecified atom stereocenters. The Morgan fingerprint density at radius 1 is 1.00 bits per heavy atom. The molecule has 0 aliphatic carbocycles. The van der Waals surface area contributed by atoms with Gasteiger partial charge in [0.1, 0.15) is 5.75 Å². The van der Waals surface area contributed by atoms with Crippen molar-refractivity contribution in [2.75, 3.05) is 7.11 Å². The monoisotopic (exact) mass is 298 g/mol. The van der Waals surface area contributed by atoms with E-state index in [0.717, 1.165) is 21.3 Å². The largest absolute Gasteiger partial charge is 0.497 e. The molecule has 0 fully saturated rings. The summed E-state index contributed by atoms with van der Waals surface area (Å²) in [5.74, 6) is 0.883. The van der Waals surface area contributed by atoms with E-state index >= 15 is 0 Å². The number of halogens is 1. The van der Waals surface area contributed by atoms with E-state index in [1.807, 2.05) is 18.2 Å². The second kappa shape index (κ2) is 5.02. The minimum absolute atomic E-state index is 0. The van der Waals surface area contributed by atoms with E-state index in [9.17, 15) is 0 Å². The number of H-pyrrole nitrogens is 1. The third-order valence-electron chi connectivity index (χ3n) is 2.77. The number of hydrogen-bond acceptors (Lipinski definition) is 1. The predicted octanol–water partition coefficient (Wildman–Crippen LogP) is 3.71. The maximum atomic E-state index is 5.25. The molecule has 0 aliphatic heterocycles. The third kappa shape index (κ3) is 2.25. The molecule has 0 aliphatic rings. The summed E-state index contributed by atoms with van der Waals surface area (Å²) >= 11 is 3.49. The van der Waals surface area contributed by atoms with Crippen molar-refractivity contribution in [3.8, 4) is 5.75 Å². The molecule has 0 saturated heterocycles. The van der Waals surface area contributed by atoms with Crippen LogP contribution >= 0.6 is 15.9 Å². The molecular weight excluding hydrogens is 289 g/mol. The molecule has 2 aromatic carbocycles. The van der Waals surface area contributed by atoms with Gasteiger partial charge in [0.15, 0.2) is 0 Å². The minimum Gasteiger partial charge on any atom is -0.497 e. The first-order valence-corrected chi connectivity index (χ1v) is 5.82. The van der Waals surface area contributed by atoms with Gasteiger partial charge >= 0.3 is 0 Å². The zero-order chi connectivity index (χ0) is 11.1. The number of methoxy groups -OCH3 is 1. The van der Waals surface area contributed by atoms with Crippen LogP contribution in [0.3, 0.4) is 0 Å². The van der Waals surface area contributed by atoms with Gasteiger partial charge in [-0.15, -0.1) is 0 Å². The molecule has 4 heteroatoms. The quantitative estimate of drug-likeness (QED) is 0.681. The van der Waals surface area contributed by atoms with Gasteiger partial charge in [-0.05, 0) is 36.4 Å². The Bertz CT molecular complexity index is 678. The summed E-state index contributed by atoms with van der Waals surface area (Å²) in [5.41, 5.74) is 2.28. The molecule has 3 rings (SSSR count). The standard InChI is InChI=1S/C13H10BrNO.Na/c1-16-9-3-5-13-11(7-9)10-6-8(14)2-4-12(10)15-13;/h2-7,15H,1H3;. The Labute approximate surface area is 130 Å². The summed E-state index contributed by atoms with van der Waals surface area (Å²) in [7, 11) is 1.69. The Balaban J connectivity index is 0.00000108. The zero-order valence-corrected chi connectivity index (χ0v) is 13.3. The van der Waals surface area contributed by atoms with E-state index in [2.05, 4.69) is 39.1 Å². The fraction of sp³-hybridized carbons (Fsp3) is 0.0769. The van der Waals surface area contributed by atoms with E-state index in [1.165, 1.54) is 10.8 Å². The molecule has 17 heavy (non-hydrogen) atoms. The van der Waals surface area contributed by atoms with Gasteiger partial charge < -0.3 is 9.72 Å². The van der Waals surface area contributed by atoms with Crippen LogP contribution in [-0.4, -0.2) is 41.7 Å². The maximum absolute atomic E-state index is 5.25. The summed E-state index contributed by atoms with van der Waals surface area (Å²) in [4.78, 5) is 3.38. The zero-order valence-electron chi connectivity index (χ0n) is 9.75. The summed E-state index contributed by atoms with van der Waals surface area (Å²) in [6.45, 7) is 0. The van der Waals surface area contributed by atoms with E-state index < -0.39 is 0 Å². The SMILES string of the molecule is COc1ccc2[nH]c3ccc(Br)cc3c2c1.[Na]. The fourth-order valence-electron chi connectivity index (χ4n) is 1.98. The molecule has 0 bridgehead atoms. The molecule has 0 atom stereocenters. The van der Waals surface area contributed by atoms with Crippen LogP contribution in [0.25, 0.3) is 21.8 Å². The normalized spacial score (nSPS) is 10.5. The number of rotatable bonds is 1. The van der Waals surface area contributed by atoms with Crippen molar-refractivity contribution in [2.45, 2.75) is 0 Å². The summed E-state index contributed by atoms with van der Waals surface area (Å²) < 4.78 is 6.33. The average Bonchev–Trinajstić information content (AvgIpc) is 2.66. The van der Waals surface area contributed by atoms with Crippen LogP contribution in [0.2, 0.25) is 0 Å². The van der Waals surface area contributed by atoms with E-state index in [-0.39, 0.29) is 29.6 Å². The number of hydrogen-bond donors (Lipinski definition) is 1. The van der Waals surface area contributed by atoms with Crippen LogP contribution < -0.4 is 4.74 Å². The molecule has 81 valence electrons. The van der Waals surface area contributed by atoms with Crippen LogP contribution in [0.15, 0.2) is 40.9 Å². The fourth-order valence-corrected chi connectivity index (χ4v) is 2.34.